The molecule has 1 aliphatic carbocycles. The van der Waals surface area contributed by atoms with E-state index < -0.39 is 18.3 Å². The van der Waals surface area contributed by atoms with Crippen LogP contribution in [-0.2, 0) is 0 Å². The van der Waals surface area contributed by atoms with Gasteiger partial charge in [0.15, 0.2) is 0 Å². The molecule has 1 aliphatic rings. The molecule has 0 fully saturated rings. The van der Waals surface area contributed by atoms with Gasteiger partial charge in [-0.25, -0.2) is 0 Å². The highest BCUT2D eigenvalue weighted by molar-refractivity contribution is 5.15. The van der Waals surface area contributed by atoms with Crippen LogP contribution in [0.5, 0.6) is 0 Å². The minimum Gasteiger partial charge on any atom is -0.389 e. The predicted octanol–water partition coefficient (Wildman–Crippen LogP) is 3.67. The molecule has 0 amide bonds. The second-order valence-corrected chi connectivity index (χ2v) is 6.98. The second kappa shape index (κ2) is 9.21. The van der Waals surface area contributed by atoms with Crippen molar-refractivity contribution in [1.82, 2.24) is 0 Å². The molecule has 3 N–H and O–H groups in total. The normalized spacial score (nSPS) is 36.3. The maximum Gasteiger partial charge on any atom is 0.0762 e. The standard InChI is InChI=1S/C20H32O3/c1-13(2)17-8-6-14(3)7-9-19(22)15(4)10-18(21)11-16(5)20(23)12-17/h6,11,17-23H,1,4,7-10,12H2,2-3,5H3/b14-6+,16-11+/t17-,18+,19-,20+/m0/s1. The number of allylic oxidation sites excluding steroid dienone is 3. The number of rotatable bonds is 1. The second-order valence-electron chi connectivity index (χ2n) is 6.98. The molecule has 0 unspecified atom stereocenters. The molecule has 0 aromatic heterocycles. The maximum atomic E-state index is 10.4. The molecule has 0 saturated carbocycles. The van der Waals surface area contributed by atoms with Gasteiger partial charge in [-0.1, -0.05) is 36.5 Å². The lowest BCUT2D eigenvalue weighted by Gasteiger charge is -2.22. The van der Waals surface area contributed by atoms with Gasteiger partial charge in [-0.15, -0.1) is 0 Å². The van der Waals surface area contributed by atoms with Crippen LogP contribution >= 0.6 is 0 Å². The zero-order chi connectivity index (χ0) is 17.6. The van der Waals surface area contributed by atoms with Crippen molar-refractivity contribution in [1.29, 1.82) is 0 Å². The van der Waals surface area contributed by atoms with Crippen LogP contribution < -0.4 is 0 Å². The third kappa shape index (κ3) is 6.86. The first-order chi connectivity index (χ1) is 10.7. The van der Waals surface area contributed by atoms with E-state index in [1.54, 1.807) is 6.08 Å². The van der Waals surface area contributed by atoms with Gasteiger partial charge in [-0.05, 0) is 63.5 Å². The van der Waals surface area contributed by atoms with Gasteiger partial charge < -0.3 is 15.3 Å². The molecule has 0 radical (unpaired) electrons. The summed E-state index contributed by atoms with van der Waals surface area (Å²) in [5.74, 6) is 0.211. The molecule has 0 aliphatic heterocycles. The Kier molecular flexibility index (Phi) is 7.97. The lowest BCUT2D eigenvalue weighted by atomic mass is 9.87. The smallest absolute Gasteiger partial charge is 0.0762 e. The monoisotopic (exact) mass is 320 g/mol. The van der Waals surface area contributed by atoms with Crippen LogP contribution in [0.3, 0.4) is 0 Å². The lowest BCUT2D eigenvalue weighted by molar-refractivity contribution is 0.164. The summed E-state index contributed by atoms with van der Waals surface area (Å²) in [7, 11) is 0. The van der Waals surface area contributed by atoms with Crippen LogP contribution in [0.15, 0.2) is 47.6 Å². The summed E-state index contributed by atoms with van der Waals surface area (Å²) in [6.07, 6.45) is 5.11. The summed E-state index contributed by atoms with van der Waals surface area (Å²) in [5, 5.41) is 30.7. The van der Waals surface area contributed by atoms with E-state index in [0.717, 1.165) is 24.0 Å². The number of aliphatic hydroxyl groups is 3. The van der Waals surface area contributed by atoms with Crippen LogP contribution in [0, 0.1) is 5.92 Å². The Morgan fingerprint density at radius 2 is 1.83 bits per heavy atom. The lowest BCUT2D eigenvalue weighted by Crippen LogP contribution is -2.19. The van der Waals surface area contributed by atoms with E-state index in [1.807, 2.05) is 13.8 Å². The highest BCUT2D eigenvalue weighted by Gasteiger charge is 2.19. The van der Waals surface area contributed by atoms with Crippen LogP contribution in [0.25, 0.3) is 0 Å². The van der Waals surface area contributed by atoms with Crippen molar-refractivity contribution < 1.29 is 15.3 Å². The molecule has 0 saturated heterocycles. The summed E-state index contributed by atoms with van der Waals surface area (Å²) < 4.78 is 0. The van der Waals surface area contributed by atoms with Gasteiger partial charge >= 0.3 is 0 Å². The highest BCUT2D eigenvalue weighted by atomic mass is 16.3. The average Bonchev–Trinajstić information content (AvgIpc) is 2.46. The van der Waals surface area contributed by atoms with E-state index in [4.69, 9.17) is 0 Å². The van der Waals surface area contributed by atoms with Gasteiger partial charge in [-0.3, -0.25) is 0 Å². The Hall–Kier alpha value is -1.16. The largest absolute Gasteiger partial charge is 0.389 e. The molecular formula is C20H32O3. The third-order valence-corrected chi connectivity index (χ3v) is 4.69. The number of hydrogen-bond donors (Lipinski definition) is 3. The van der Waals surface area contributed by atoms with Gasteiger partial charge in [0.2, 0.25) is 0 Å². The molecule has 23 heavy (non-hydrogen) atoms. The van der Waals surface area contributed by atoms with Crippen LogP contribution in [-0.4, -0.2) is 33.6 Å². The Bertz CT molecular complexity index is 487. The fraction of sp³-hybridized carbons (Fsp3) is 0.600. The van der Waals surface area contributed by atoms with Gasteiger partial charge in [0.1, 0.15) is 0 Å². The molecule has 0 bridgehead atoms. The SMILES string of the molecule is C=C(C)[C@H]1C/C=C(\C)CC[C@H](O)C(=C)C[C@@H](O)/C=C(\C)[C@H](O)C1. The molecule has 130 valence electrons. The maximum absolute atomic E-state index is 10.4. The molecule has 1 rings (SSSR count). The molecule has 3 nitrogen and oxygen atoms in total. The quantitative estimate of drug-likeness (QED) is 0.646. The first-order valence-electron chi connectivity index (χ1n) is 8.42. The first-order valence-corrected chi connectivity index (χ1v) is 8.42. The Labute approximate surface area is 140 Å². The summed E-state index contributed by atoms with van der Waals surface area (Å²) in [5.41, 5.74) is 3.67. The molecule has 4 atom stereocenters. The molecular weight excluding hydrogens is 288 g/mol. The fourth-order valence-corrected chi connectivity index (χ4v) is 2.85. The minimum atomic E-state index is -0.727. The van der Waals surface area contributed by atoms with Gasteiger partial charge in [0.05, 0.1) is 18.3 Å². The van der Waals surface area contributed by atoms with Crippen molar-refractivity contribution in [3.05, 3.63) is 47.6 Å². The number of hydrogen-bond acceptors (Lipinski definition) is 3. The number of aliphatic hydroxyl groups excluding tert-OH is 3. The van der Waals surface area contributed by atoms with E-state index in [1.165, 1.54) is 5.57 Å². The average molecular weight is 320 g/mol. The summed E-state index contributed by atoms with van der Waals surface area (Å²) >= 11 is 0. The topological polar surface area (TPSA) is 60.7 Å². The molecule has 0 aromatic carbocycles. The third-order valence-electron chi connectivity index (χ3n) is 4.69. The van der Waals surface area contributed by atoms with Crippen molar-refractivity contribution >= 4 is 0 Å². The molecule has 0 aromatic rings. The summed E-state index contributed by atoms with van der Waals surface area (Å²) in [4.78, 5) is 0. The fourth-order valence-electron chi connectivity index (χ4n) is 2.85. The van der Waals surface area contributed by atoms with Crippen LogP contribution in [0.1, 0.15) is 52.9 Å². The van der Waals surface area contributed by atoms with Crippen molar-refractivity contribution in [3.63, 3.8) is 0 Å². The zero-order valence-electron chi connectivity index (χ0n) is 14.8. The van der Waals surface area contributed by atoms with Gasteiger partial charge in [0.25, 0.3) is 0 Å². The van der Waals surface area contributed by atoms with Crippen LogP contribution in [0.2, 0.25) is 0 Å². The van der Waals surface area contributed by atoms with Crippen molar-refractivity contribution in [2.24, 2.45) is 5.92 Å². The predicted molar refractivity (Wildman–Crippen MR) is 96.1 cm³/mol. The van der Waals surface area contributed by atoms with Gasteiger partial charge in [0, 0.05) is 6.42 Å². The Balaban J connectivity index is 3.00. The highest BCUT2D eigenvalue weighted by Crippen LogP contribution is 2.26. The van der Waals surface area contributed by atoms with E-state index in [2.05, 4.69) is 26.2 Å². The zero-order valence-corrected chi connectivity index (χ0v) is 14.8. The summed E-state index contributed by atoms with van der Waals surface area (Å²) in [6.45, 7) is 13.8. The van der Waals surface area contributed by atoms with Gasteiger partial charge in [-0.2, -0.15) is 0 Å². The molecule has 3 heteroatoms. The van der Waals surface area contributed by atoms with Crippen LogP contribution in [0.4, 0.5) is 0 Å². The van der Waals surface area contributed by atoms with Crippen molar-refractivity contribution in [2.45, 2.75) is 71.2 Å². The first kappa shape index (κ1) is 19.9. The summed E-state index contributed by atoms with van der Waals surface area (Å²) in [6, 6.07) is 0. The van der Waals surface area contributed by atoms with E-state index in [-0.39, 0.29) is 5.92 Å². The van der Waals surface area contributed by atoms with E-state index >= 15 is 0 Å². The minimum absolute atomic E-state index is 0.211. The van der Waals surface area contributed by atoms with Crippen molar-refractivity contribution in [2.75, 3.05) is 0 Å². The molecule has 0 spiro atoms. The Morgan fingerprint density at radius 1 is 1.17 bits per heavy atom. The molecule has 0 heterocycles. The van der Waals surface area contributed by atoms with Crippen molar-refractivity contribution in [3.8, 4) is 0 Å². The van der Waals surface area contributed by atoms with E-state index in [9.17, 15) is 15.3 Å². The Morgan fingerprint density at radius 3 is 2.43 bits per heavy atom. The van der Waals surface area contributed by atoms with E-state index in [0.29, 0.717) is 24.8 Å².